The van der Waals surface area contributed by atoms with Crippen molar-refractivity contribution in [3.63, 3.8) is 0 Å². The first-order valence-corrected chi connectivity index (χ1v) is 5.26. The average Bonchev–Trinajstić information content (AvgIpc) is 2.54. The second kappa shape index (κ2) is 4.54. The van der Waals surface area contributed by atoms with Crippen LogP contribution in [0.2, 0.25) is 5.28 Å². The van der Waals surface area contributed by atoms with Crippen LogP contribution in [-0.2, 0) is 6.54 Å². The van der Waals surface area contributed by atoms with Crippen LogP contribution in [0.4, 0.5) is 11.9 Å². The first-order valence-electron chi connectivity index (χ1n) is 4.88. The van der Waals surface area contributed by atoms with Crippen LogP contribution >= 0.6 is 11.6 Å². The third-order valence-electron chi connectivity index (χ3n) is 2.10. The molecular weight excluding hydrogens is 244 g/mol. The summed E-state index contributed by atoms with van der Waals surface area (Å²) >= 11 is 5.64. The van der Waals surface area contributed by atoms with E-state index in [1.165, 1.54) is 0 Å². The maximum absolute atomic E-state index is 5.64. The van der Waals surface area contributed by atoms with Crippen LogP contribution in [0.25, 0.3) is 0 Å². The van der Waals surface area contributed by atoms with Gasteiger partial charge in [0.1, 0.15) is 5.76 Å². The number of aryl methyl sites for hydroxylation is 2. The van der Waals surface area contributed by atoms with Gasteiger partial charge in [0.15, 0.2) is 0 Å². The Kier molecular flexibility index (Phi) is 3.10. The third-order valence-corrected chi connectivity index (χ3v) is 2.26. The highest BCUT2D eigenvalue weighted by molar-refractivity contribution is 6.28. The van der Waals surface area contributed by atoms with Crippen LogP contribution in [0.1, 0.15) is 17.3 Å². The molecule has 0 aromatic carbocycles. The lowest BCUT2D eigenvalue weighted by Crippen LogP contribution is -2.07. The molecule has 0 amide bonds. The number of nitrogens with one attached hydrogen (secondary N) is 1. The second-order valence-corrected chi connectivity index (χ2v) is 3.73. The standard InChI is InChI=1S/C9H11ClN6O/c1-4-5(2)17-6(13-4)3-12-9-15-7(10)14-8(11)16-9/h3H2,1-2H3,(H3,11,12,14,15,16). The van der Waals surface area contributed by atoms with Crippen molar-refractivity contribution >= 4 is 23.5 Å². The zero-order valence-corrected chi connectivity index (χ0v) is 10.1. The molecule has 0 aliphatic heterocycles. The molecule has 2 rings (SSSR count). The van der Waals surface area contributed by atoms with Gasteiger partial charge in [0.2, 0.25) is 23.1 Å². The van der Waals surface area contributed by atoms with Gasteiger partial charge in [-0.25, -0.2) is 4.98 Å². The van der Waals surface area contributed by atoms with E-state index < -0.39 is 0 Å². The lowest BCUT2D eigenvalue weighted by atomic mass is 10.4. The number of hydrogen-bond acceptors (Lipinski definition) is 7. The van der Waals surface area contributed by atoms with Gasteiger partial charge in [-0.3, -0.25) is 0 Å². The minimum Gasteiger partial charge on any atom is -0.444 e. The molecule has 0 fully saturated rings. The van der Waals surface area contributed by atoms with Crippen molar-refractivity contribution in [2.45, 2.75) is 20.4 Å². The Hall–Kier alpha value is -1.89. The van der Waals surface area contributed by atoms with E-state index in [1.807, 2.05) is 13.8 Å². The molecule has 2 aromatic rings. The van der Waals surface area contributed by atoms with Crippen molar-refractivity contribution in [1.82, 2.24) is 19.9 Å². The van der Waals surface area contributed by atoms with Crippen molar-refractivity contribution in [1.29, 1.82) is 0 Å². The molecule has 0 unspecified atom stereocenters. The lowest BCUT2D eigenvalue weighted by molar-refractivity contribution is 0.478. The maximum Gasteiger partial charge on any atom is 0.229 e. The Morgan fingerprint density at radius 1 is 1.24 bits per heavy atom. The summed E-state index contributed by atoms with van der Waals surface area (Å²) in [4.78, 5) is 15.6. The molecule has 0 spiro atoms. The van der Waals surface area contributed by atoms with Crippen molar-refractivity contribution in [2.75, 3.05) is 11.1 Å². The van der Waals surface area contributed by atoms with Crippen molar-refractivity contribution < 1.29 is 4.42 Å². The quantitative estimate of drug-likeness (QED) is 0.851. The number of anilines is 2. The van der Waals surface area contributed by atoms with E-state index in [1.54, 1.807) is 0 Å². The van der Waals surface area contributed by atoms with Gasteiger partial charge in [0.25, 0.3) is 0 Å². The Balaban J connectivity index is 2.07. The molecule has 0 bridgehead atoms. The first-order chi connectivity index (χ1) is 8.04. The Morgan fingerprint density at radius 2 is 2.00 bits per heavy atom. The lowest BCUT2D eigenvalue weighted by Gasteiger charge is -2.02. The van der Waals surface area contributed by atoms with Crippen molar-refractivity contribution in [2.24, 2.45) is 0 Å². The Labute approximate surface area is 102 Å². The molecule has 7 nitrogen and oxygen atoms in total. The predicted octanol–water partition coefficient (Wildman–Crippen LogP) is 1.32. The van der Waals surface area contributed by atoms with Crippen molar-refractivity contribution in [3.05, 3.63) is 22.6 Å². The molecule has 0 aliphatic carbocycles. The highest BCUT2D eigenvalue weighted by atomic mass is 35.5. The van der Waals surface area contributed by atoms with E-state index in [0.29, 0.717) is 12.4 Å². The number of nitrogens with zero attached hydrogens (tertiary/aromatic N) is 4. The van der Waals surface area contributed by atoms with Crippen LogP contribution in [0.5, 0.6) is 0 Å². The summed E-state index contributed by atoms with van der Waals surface area (Å²) in [6.07, 6.45) is 0. The Bertz CT molecular complexity index is 501. The van der Waals surface area contributed by atoms with Crippen LogP contribution in [0.15, 0.2) is 4.42 Å². The van der Waals surface area contributed by atoms with Crippen LogP contribution in [0.3, 0.4) is 0 Å². The fourth-order valence-electron chi connectivity index (χ4n) is 1.21. The molecule has 0 aliphatic rings. The van der Waals surface area contributed by atoms with Gasteiger partial charge in [-0.2, -0.15) is 15.0 Å². The normalized spacial score (nSPS) is 10.5. The number of aromatic nitrogens is 4. The summed E-state index contributed by atoms with van der Waals surface area (Å²) in [5.41, 5.74) is 6.29. The van der Waals surface area contributed by atoms with E-state index in [-0.39, 0.29) is 17.2 Å². The second-order valence-electron chi connectivity index (χ2n) is 3.39. The molecule has 2 heterocycles. The molecule has 17 heavy (non-hydrogen) atoms. The molecule has 8 heteroatoms. The molecule has 90 valence electrons. The molecule has 0 radical (unpaired) electrons. The van der Waals surface area contributed by atoms with E-state index in [4.69, 9.17) is 21.8 Å². The predicted molar refractivity (Wildman–Crippen MR) is 62.6 cm³/mol. The number of oxazole rings is 1. The fraction of sp³-hybridized carbons (Fsp3) is 0.333. The smallest absolute Gasteiger partial charge is 0.229 e. The molecule has 3 N–H and O–H groups in total. The number of nitrogens with two attached hydrogens (primary N) is 1. The summed E-state index contributed by atoms with van der Waals surface area (Å²) in [5, 5.41) is 2.94. The monoisotopic (exact) mass is 254 g/mol. The zero-order valence-electron chi connectivity index (χ0n) is 9.36. The van der Waals surface area contributed by atoms with E-state index in [2.05, 4.69) is 25.3 Å². The number of hydrogen-bond donors (Lipinski definition) is 2. The summed E-state index contributed by atoms with van der Waals surface area (Å²) in [6.45, 7) is 4.08. The van der Waals surface area contributed by atoms with Gasteiger partial charge in [0, 0.05) is 0 Å². The summed E-state index contributed by atoms with van der Waals surface area (Å²) in [5.74, 6) is 1.69. The highest BCUT2D eigenvalue weighted by Crippen LogP contribution is 2.11. The summed E-state index contributed by atoms with van der Waals surface area (Å²) in [7, 11) is 0. The molecular formula is C9H11ClN6O. The average molecular weight is 255 g/mol. The topological polar surface area (TPSA) is 103 Å². The third kappa shape index (κ3) is 2.82. The van der Waals surface area contributed by atoms with Gasteiger partial charge in [-0.1, -0.05) is 0 Å². The van der Waals surface area contributed by atoms with E-state index in [0.717, 1.165) is 11.5 Å². The number of halogens is 1. The van der Waals surface area contributed by atoms with Gasteiger partial charge in [-0.05, 0) is 25.4 Å². The van der Waals surface area contributed by atoms with Crippen molar-refractivity contribution in [3.8, 4) is 0 Å². The zero-order chi connectivity index (χ0) is 12.4. The van der Waals surface area contributed by atoms with E-state index in [9.17, 15) is 0 Å². The minimum atomic E-state index is 0.0414. The Morgan fingerprint density at radius 3 is 2.59 bits per heavy atom. The highest BCUT2D eigenvalue weighted by Gasteiger charge is 2.07. The van der Waals surface area contributed by atoms with Crippen LogP contribution < -0.4 is 11.1 Å². The van der Waals surface area contributed by atoms with Crippen LogP contribution in [-0.4, -0.2) is 19.9 Å². The first kappa shape index (κ1) is 11.6. The minimum absolute atomic E-state index is 0.0414. The largest absolute Gasteiger partial charge is 0.444 e. The van der Waals surface area contributed by atoms with Gasteiger partial charge >= 0.3 is 0 Å². The molecule has 0 saturated carbocycles. The molecule has 0 saturated heterocycles. The van der Waals surface area contributed by atoms with Gasteiger partial charge < -0.3 is 15.5 Å². The molecule has 2 aromatic heterocycles. The van der Waals surface area contributed by atoms with Gasteiger partial charge in [-0.15, -0.1) is 0 Å². The number of rotatable bonds is 3. The van der Waals surface area contributed by atoms with E-state index >= 15 is 0 Å². The summed E-state index contributed by atoms with van der Waals surface area (Å²) < 4.78 is 5.39. The van der Waals surface area contributed by atoms with Gasteiger partial charge in [0.05, 0.1) is 12.2 Å². The number of nitrogen functional groups attached to an aromatic ring is 1. The SMILES string of the molecule is Cc1nc(CNc2nc(N)nc(Cl)n2)oc1C. The summed E-state index contributed by atoms with van der Waals surface area (Å²) in [6, 6.07) is 0. The molecule has 0 atom stereocenters. The fourth-order valence-corrected chi connectivity index (χ4v) is 1.38. The maximum atomic E-state index is 5.64. The van der Waals surface area contributed by atoms with Crippen LogP contribution in [0, 0.1) is 13.8 Å².